The van der Waals surface area contributed by atoms with Crippen molar-refractivity contribution in [3.63, 3.8) is 0 Å². The molecule has 2 heteroatoms. The highest BCUT2D eigenvalue weighted by molar-refractivity contribution is 9.10. The molecule has 0 bridgehead atoms. The van der Waals surface area contributed by atoms with E-state index in [9.17, 15) is 4.79 Å². The first-order chi connectivity index (χ1) is 6.22. The summed E-state index contributed by atoms with van der Waals surface area (Å²) in [4.78, 5) is 11.0. The lowest BCUT2D eigenvalue weighted by molar-refractivity contribution is -0.118. The van der Waals surface area contributed by atoms with Gasteiger partial charge in [0, 0.05) is 17.3 Å². The van der Waals surface area contributed by atoms with Crippen LogP contribution in [0.2, 0.25) is 0 Å². The fraction of sp³-hybridized carbons (Fsp3) is 0.364. The largest absolute Gasteiger partial charge is 0.300 e. The highest BCUT2D eigenvalue weighted by Crippen LogP contribution is 2.12. The molecule has 0 amide bonds. The Morgan fingerprint density at radius 3 is 2.46 bits per heavy atom. The SMILES string of the molecule is CCC(=O)CCc1ccc(Br)cc1. The van der Waals surface area contributed by atoms with Crippen molar-refractivity contribution in [2.24, 2.45) is 0 Å². The van der Waals surface area contributed by atoms with E-state index in [1.165, 1.54) is 5.56 Å². The molecule has 1 aromatic carbocycles. The number of rotatable bonds is 4. The van der Waals surface area contributed by atoms with Crippen molar-refractivity contribution in [3.05, 3.63) is 34.3 Å². The maximum Gasteiger partial charge on any atom is 0.132 e. The summed E-state index contributed by atoms with van der Waals surface area (Å²) in [5, 5.41) is 0. The third-order valence-electron chi connectivity index (χ3n) is 2.00. The lowest BCUT2D eigenvalue weighted by atomic mass is 10.1. The molecule has 13 heavy (non-hydrogen) atoms. The van der Waals surface area contributed by atoms with Crippen LogP contribution in [-0.4, -0.2) is 5.78 Å². The van der Waals surface area contributed by atoms with Gasteiger partial charge in [-0.3, -0.25) is 4.79 Å². The molecule has 0 atom stereocenters. The number of ketones is 1. The van der Waals surface area contributed by atoms with Crippen molar-refractivity contribution >= 4 is 21.7 Å². The van der Waals surface area contributed by atoms with Gasteiger partial charge in [-0.2, -0.15) is 0 Å². The summed E-state index contributed by atoms with van der Waals surface area (Å²) >= 11 is 3.37. The Hall–Kier alpha value is -0.630. The standard InChI is InChI=1S/C11H13BrO/c1-2-11(13)8-5-9-3-6-10(12)7-4-9/h3-4,6-7H,2,5,8H2,1H3. The van der Waals surface area contributed by atoms with Gasteiger partial charge in [0.25, 0.3) is 0 Å². The lowest BCUT2D eigenvalue weighted by Gasteiger charge is -1.99. The van der Waals surface area contributed by atoms with Gasteiger partial charge < -0.3 is 0 Å². The average Bonchev–Trinajstić information content (AvgIpc) is 2.16. The molecule has 0 N–H and O–H groups in total. The van der Waals surface area contributed by atoms with Crippen LogP contribution in [0.25, 0.3) is 0 Å². The van der Waals surface area contributed by atoms with Gasteiger partial charge in [-0.25, -0.2) is 0 Å². The van der Waals surface area contributed by atoms with E-state index in [-0.39, 0.29) is 0 Å². The van der Waals surface area contributed by atoms with Crippen molar-refractivity contribution in [2.75, 3.05) is 0 Å². The molecule has 0 heterocycles. The molecule has 0 spiro atoms. The van der Waals surface area contributed by atoms with Crippen molar-refractivity contribution < 1.29 is 4.79 Å². The van der Waals surface area contributed by atoms with E-state index >= 15 is 0 Å². The molecule has 0 aliphatic heterocycles. The van der Waals surface area contributed by atoms with Gasteiger partial charge in [0.1, 0.15) is 5.78 Å². The Morgan fingerprint density at radius 1 is 1.31 bits per heavy atom. The van der Waals surface area contributed by atoms with Gasteiger partial charge >= 0.3 is 0 Å². The van der Waals surface area contributed by atoms with E-state index in [0.717, 1.165) is 10.9 Å². The summed E-state index contributed by atoms with van der Waals surface area (Å²) in [5.74, 6) is 0.336. The van der Waals surface area contributed by atoms with Crippen LogP contribution < -0.4 is 0 Å². The van der Waals surface area contributed by atoms with E-state index in [1.54, 1.807) is 0 Å². The summed E-state index contributed by atoms with van der Waals surface area (Å²) in [6.07, 6.45) is 2.18. The van der Waals surface area contributed by atoms with Gasteiger partial charge in [-0.1, -0.05) is 35.0 Å². The first kappa shape index (κ1) is 10.5. The summed E-state index contributed by atoms with van der Waals surface area (Å²) in [5.41, 5.74) is 1.23. The highest BCUT2D eigenvalue weighted by atomic mass is 79.9. The van der Waals surface area contributed by atoms with Crippen LogP contribution in [0.5, 0.6) is 0 Å². The molecule has 0 aliphatic carbocycles. The van der Waals surface area contributed by atoms with Crippen LogP contribution in [0.4, 0.5) is 0 Å². The molecule has 1 aromatic rings. The molecule has 0 aromatic heterocycles. The second-order valence-electron chi connectivity index (χ2n) is 3.02. The lowest BCUT2D eigenvalue weighted by Crippen LogP contribution is -1.97. The number of hydrogen-bond acceptors (Lipinski definition) is 1. The average molecular weight is 241 g/mol. The van der Waals surface area contributed by atoms with E-state index < -0.39 is 0 Å². The molecule has 1 nitrogen and oxygen atoms in total. The fourth-order valence-corrected chi connectivity index (χ4v) is 1.38. The first-order valence-electron chi connectivity index (χ1n) is 4.48. The van der Waals surface area contributed by atoms with Gasteiger partial charge in [0.05, 0.1) is 0 Å². The second kappa shape index (κ2) is 5.18. The van der Waals surface area contributed by atoms with Crippen molar-refractivity contribution in [2.45, 2.75) is 26.2 Å². The zero-order valence-electron chi connectivity index (χ0n) is 7.72. The van der Waals surface area contributed by atoms with Crippen molar-refractivity contribution in [1.82, 2.24) is 0 Å². The predicted octanol–water partition coefficient (Wildman–Crippen LogP) is 3.36. The predicted molar refractivity (Wildman–Crippen MR) is 57.8 cm³/mol. The number of carbonyl (C=O) groups is 1. The maximum atomic E-state index is 11.0. The van der Waals surface area contributed by atoms with Crippen LogP contribution in [0.1, 0.15) is 25.3 Å². The minimum Gasteiger partial charge on any atom is -0.300 e. The van der Waals surface area contributed by atoms with Crippen LogP contribution in [0.15, 0.2) is 28.7 Å². The van der Waals surface area contributed by atoms with Gasteiger partial charge in [-0.15, -0.1) is 0 Å². The van der Waals surface area contributed by atoms with E-state index in [1.807, 2.05) is 31.2 Å². The monoisotopic (exact) mass is 240 g/mol. The zero-order valence-corrected chi connectivity index (χ0v) is 9.30. The number of benzene rings is 1. The van der Waals surface area contributed by atoms with Crippen LogP contribution in [0, 0.1) is 0 Å². The third-order valence-corrected chi connectivity index (χ3v) is 2.53. The number of carbonyl (C=O) groups excluding carboxylic acids is 1. The Balaban J connectivity index is 2.46. The summed E-state index contributed by atoms with van der Waals surface area (Å²) in [6.45, 7) is 1.91. The molecule has 1 rings (SSSR count). The topological polar surface area (TPSA) is 17.1 Å². The molecule has 0 saturated carbocycles. The highest BCUT2D eigenvalue weighted by Gasteiger charge is 1.99. The normalized spacial score (nSPS) is 10.0. The first-order valence-corrected chi connectivity index (χ1v) is 5.28. The summed E-state index contributed by atoms with van der Waals surface area (Å²) < 4.78 is 1.08. The maximum absolute atomic E-state index is 11.0. The van der Waals surface area contributed by atoms with Gasteiger partial charge in [0.15, 0.2) is 0 Å². The Bertz CT molecular complexity index is 277. The number of halogens is 1. The molecule has 0 unspecified atom stereocenters. The second-order valence-corrected chi connectivity index (χ2v) is 3.93. The van der Waals surface area contributed by atoms with Crippen molar-refractivity contribution in [1.29, 1.82) is 0 Å². The van der Waals surface area contributed by atoms with E-state index in [0.29, 0.717) is 18.6 Å². The Labute approximate surface area is 87.3 Å². The molecule has 0 aliphatic rings. The molecule has 0 fully saturated rings. The van der Waals surface area contributed by atoms with Gasteiger partial charge in [0.2, 0.25) is 0 Å². The zero-order chi connectivity index (χ0) is 9.68. The third kappa shape index (κ3) is 3.73. The number of hydrogen-bond donors (Lipinski definition) is 0. The Kier molecular flexibility index (Phi) is 4.16. The number of Topliss-reactive ketones (excluding diaryl/α,β-unsaturated/α-hetero) is 1. The molecular weight excluding hydrogens is 228 g/mol. The van der Waals surface area contributed by atoms with Crippen molar-refractivity contribution in [3.8, 4) is 0 Å². The fourth-order valence-electron chi connectivity index (χ4n) is 1.11. The Morgan fingerprint density at radius 2 is 1.92 bits per heavy atom. The van der Waals surface area contributed by atoms with Crippen LogP contribution in [0.3, 0.4) is 0 Å². The molecular formula is C11H13BrO. The quantitative estimate of drug-likeness (QED) is 0.789. The minimum atomic E-state index is 0.336. The minimum absolute atomic E-state index is 0.336. The van der Waals surface area contributed by atoms with Gasteiger partial charge in [-0.05, 0) is 24.1 Å². The molecule has 70 valence electrons. The van der Waals surface area contributed by atoms with Crippen LogP contribution >= 0.6 is 15.9 Å². The smallest absolute Gasteiger partial charge is 0.132 e. The molecule has 0 radical (unpaired) electrons. The summed E-state index contributed by atoms with van der Waals surface area (Å²) in [6, 6.07) is 8.11. The van der Waals surface area contributed by atoms with E-state index in [4.69, 9.17) is 0 Å². The van der Waals surface area contributed by atoms with Crippen LogP contribution in [-0.2, 0) is 11.2 Å². The summed E-state index contributed by atoms with van der Waals surface area (Å²) in [7, 11) is 0. The molecule has 0 saturated heterocycles. The number of aryl methyl sites for hydroxylation is 1. The van der Waals surface area contributed by atoms with E-state index in [2.05, 4.69) is 15.9 Å².